The molecule has 2 aromatic heterocycles. The first-order valence-electron chi connectivity index (χ1n) is 7.19. The summed E-state index contributed by atoms with van der Waals surface area (Å²) in [5.74, 6) is 0. The van der Waals surface area contributed by atoms with Crippen LogP contribution in [0.15, 0.2) is 42.7 Å². The first-order chi connectivity index (χ1) is 9.90. The third-order valence-electron chi connectivity index (χ3n) is 4.25. The van der Waals surface area contributed by atoms with E-state index in [0.717, 1.165) is 13.1 Å². The number of aromatic amines is 2. The van der Waals surface area contributed by atoms with Gasteiger partial charge in [0.2, 0.25) is 0 Å². The third kappa shape index (κ3) is 2.02. The highest BCUT2D eigenvalue weighted by Gasteiger charge is 2.26. The quantitative estimate of drug-likeness (QED) is 0.764. The number of hydrogen-bond acceptors (Lipinski definition) is 2. The monoisotopic (exact) mass is 266 g/mol. The summed E-state index contributed by atoms with van der Waals surface area (Å²) in [5, 5.41) is 8.49. The predicted octanol–water partition coefficient (Wildman–Crippen LogP) is 3.23. The second-order valence-electron chi connectivity index (χ2n) is 5.54. The molecule has 1 atom stereocenters. The molecule has 0 saturated carbocycles. The number of nitrogens with zero attached hydrogens (tertiary/aromatic N) is 2. The van der Waals surface area contributed by atoms with E-state index in [1.54, 1.807) is 0 Å². The predicted molar refractivity (Wildman–Crippen MR) is 79.3 cm³/mol. The van der Waals surface area contributed by atoms with Crippen molar-refractivity contribution in [2.24, 2.45) is 0 Å². The van der Waals surface area contributed by atoms with E-state index in [-0.39, 0.29) is 0 Å². The van der Waals surface area contributed by atoms with Crippen molar-refractivity contribution in [3.8, 4) is 0 Å². The number of hydrogen-bond donors (Lipinski definition) is 2. The van der Waals surface area contributed by atoms with Crippen LogP contribution in [0.1, 0.15) is 30.1 Å². The van der Waals surface area contributed by atoms with Gasteiger partial charge in [0.1, 0.15) is 0 Å². The first-order valence-corrected chi connectivity index (χ1v) is 7.19. The molecule has 1 unspecified atom stereocenters. The van der Waals surface area contributed by atoms with Crippen molar-refractivity contribution in [2.75, 3.05) is 6.54 Å². The Morgan fingerprint density at radius 3 is 3.15 bits per heavy atom. The molecule has 4 heteroatoms. The molecule has 1 aliphatic heterocycles. The van der Waals surface area contributed by atoms with Gasteiger partial charge in [-0.1, -0.05) is 12.1 Å². The van der Waals surface area contributed by atoms with Crippen LogP contribution in [0.3, 0.4) is 0 Å². The summed E-state index contributed by atoms with van der Waals surface area (Å²) in [6, 6.07) is 11.4. The Morgan fingerprint density at radius 1 is 1.25 bits per heavy atom. The number of H-pyrrole nitrogens is 2. The van der Waals surface area contributed by atoms with Gasteiger partial charge in [-0.3, -0.25) is 10.00 Å². The number of likely N-dealkylation sites (tertiary alicyclic amines) is 1. The lowest BCUT2D eigenvalue weighted by Gasteiger charge is -2.23. The normalized spacial score (nSPS) is 19.9. The van der Waals surface area contributed by atoms with Gasteiger partial charge in [-0.25, -0.2) is 0 Å². The molecule has 0 amide bonds. The van der Waals surface area contributed by atoms with Gasteiger partial charge >= 0.3 is 0 Å². The van der Waals surface area contributed by atoms with E-state index < -0.39 is 0 Å². The fraction of sp³-hybridized carbons (Fsp3) is 0.312. The molecule has 3 heterocycles. The number of aromatic nitrogens is 3. The van der Waals surface area contributed by atoms with Crippen LogP contribution in [0.2, 0.25) is 0 Å². The highest BCUT2D eigenvalue weighted by Crippen LogP contribution is 2.32. The van der Waals surface area contributed by atoms with Gasteiger partial charge in [-0.2, -0.15) is 5.10 Å². The molecule has 20 heavy (non-hydrogen) atoms. The van der Waals surface area contributed by atoms with E-state index in [1.807, 2.05) is 12.4 Å². The van der Waals surface area contributed by atoms with Crippen molar-refractivity contribution in [1.29, 1.82) is 0 Å². The van der Waals surface area contributed by atoms with Gasteiger partial charge in [-0.05, 0) is 48.5 Å². The van der Waals surface area contributed by atoms with Crippen LogP contribution < -0.4 is 0 Å². The molecule has 1 saturated heterocycles. The minimum Gasteiger partial charge on any atom is -0.361 e. The Morgan fingerprint density at radius 2 is 2.25 bits per heavy atom. The number of fused-ring (bicyclic) bond motifs is 1. The molecular weight excluding hydrogens is 248 g/mol. The topological polar surface area (TPSA) is 47.7 Å². The molecule has 4 nitrogen and oxygen atoms in total. The lowest BCUT2D eigenvalue weighted by Crippen LogP contribution is -2.23. The molecule has 1 aliphatic rings. The van der Waals surface area contributed by atoms with Crippen LogP contribution in [0, 0.1) is 0 Å². The zero-order chi connectivity index (χ0) is 13.4. The maximum atomic E-state index is 4.09. The Labute approximate surface area is 117 Å². The van der Waals surface area contributed by atoms with Crippen molar-refractivity contribution in [3.05, 3.63) is 54.0 Å². The molecule has 2 N–H and O–H groups in total. The molecule has 4 rings (SSSR count). The number of nitrogens with one attached hydrogen (secondary N) is 2. The van der Waals surface area contributed by atoms with E-state index in [9.17, 15) is 0 Å². The SMILES string of the molecule is c1cc(C2CCCN2Cc2ccc3cc[nH]c3c2)[nH]n1. The summed E-state index contributed by atoms with van der Waals surface area (Å²) in [6.45, 7) is 2.16. The molecule has 102 valence electrons. The van der Waals surface area contributed by atoms with Gasteiger partial charge in [-0.15, -0.1) is 0 Å². The number of benzene rings is 1. The second-order valence-corrected chi connectivity index (χ2v) is 5.54. The standard InChI is InChI=1S/C16H18N4/c1-2-16(14-6-8-18-19-14)20(9-1)11-12-3-4-13-5-7-17-15(13)10-12/h3-8,10,16-17H,1-2,9,11H2,(H,18,19). The van der Waals surface area contributed by atoms with Gasteiger partial charge in [0.15, 0.2) is 0 Å². The van der Waals surface area contributed by atoms with Crippen LogP contribution in [-0.2, 0) is 6.54 Å². The summed E-state index contributed by atoms with van der Waals surface area (Å²) in [4.78, 5) is 5.83. The van der Waals surface area contributed by atoms with Gasteiger partial charge < -0.3 is 4.98 Å². The molecule has 1 aromatic carbocycles. The third-order valence-corrected chi connectivity index (χ3v) is 4.25. The first kappa shape index (κ1) is 11.7. The molecular formula is C16H18N4. The molecule has 0 radical (unpaired) electrons. The van der Waals surface area contributed by atoms with Crippen LogP contribution in [0.4, 0.5) is 0 Å². The largest absolute Gasteiger partial charge is 0.361 e. The van der Waals surface area contributed by atoms with Crippen molar-refractivity contribution in [2.45, 2.75) is 25.4 Å². The summed E-state index contributed by atoms with van der Waals surface area (Å²) in [5.41, 5.74) is 3.83. The summed E-state index contributed by atoms with van der Waals surface area (Å²) in [7, 11) is 0. The molecule has 0 spiro atoms. The van der Waals surface area contributed by atoms with E-state index >= 15 is 0 Å². The Hall–Kier alpha value is -2.07. The fourth-order valence-corrected chi connectivity index (χ4v) is 3.25. The van der Waals surface area contributed by atoms with E-state index in [2.05, 4.69) is 50.4 Å². The minimum absolute atomic E-state index is 0.483. The van der Waals surface area contributed by atoms with Gasteiger partial charge in [0, 0.05) is 24.5 Å². The van der Waals surface area contributed by atoms with Gasteiger partial charge in [0.05, 0.1) is 11.7 Å². The Kier molecular flexibility index (Phi) is 2.81. The smallest absolute Gasteiger partial charge is 0.0523 e. The average molecular weight is 266 g/mol. The van der Waals surface area contributed by atoms with E-state index in [4.69, 9.17) is 0 Å². The van der Waals surface area contributed by atoms with Crippen LogP contribution in [0.5, 0.6) is 0 Å². The van der Waals surface area contributed by atoms with Crippen molar-refractivity contribution in [3.63, 3.8) is 0 Å². The maximum Gasteiger partial charge on any atom is 0.0523 e. The highest BCUT2D eigenvalue weighted by molar-refractivity contribution is 5.79. The Bertz CT molecular complexity index is 698. The van der Waals surface area contributed by atoms with Gasteiger partial charge in [0.25, 0.3) is 0 Å². The lowest BCUT2D eigenvalue weighted by molar-refractivity contribution is 0.244. The number of rotatable bonds is 3. The zero-order valence-electron chi connectivity index (χ0n) is 11.3. The van der Waals surface area contributed by atoms with Crippen LogP contribution >= 0.6 is 0 Å². The summed E-state index contributed by atoms with van der Waals surface area (Å²) in [6.07, 6.45) is 6.32. The molecule has 0 bridgehead atoms. The van der Waals surface area contributed by atoms with E-state index in [1.165, 1.54) is 35.0 Å². The van der Waals surface area contributed by atoms with Crippen molar-refractivity contribution >= 4 is 10.9 Å². The van der Waals surface area contributed by atoms with Crippen molar-refractivity contribution in [1.82, 2.24) is 20.1 Å². The molecule has 1 fully saturated rings. The Balaban J connectivity index is 1.58. The molecule has 3 aromatic rings. The lowest BCUT2D eigenvalue weighted by atomic mass is 10.1. The van der Waals surface area contributed by atoms with Crippen LogP contribution in [0.25, 0.3) is 10.9 Å². The summed E-state index contributed by atoms with van der Waals surface area (Å²) >= 11 is 0. The second kappa shape index (κ2) is 4.80. The highest BCUT2D eigenvalue weighted by atomic mass is 15.2. The van der Waals surface area contributed by atoms with E-state index in [0.29, 0.717) is 6.04 Å². The zero-order valence-corrected chi connectivity index (χ0v) is 11.3. The minimum atomic E-state index is 0.483. The average Bonchev–Trinajstić information content (AvgIpc) is 3.19. The fourth-order valence-electron chi connectivity index (χ4n) is 3.25. The summed E-state index contributed by atoms with van der Waals surface area (Å²) < 4.78 is 0. The molecule has 0 aliphatic carbocycles. The maximum absolute atomic E-state index is 4.09. The van der Waals surface area contributed by atoms with Crippen molar-refractivity contribution < 1.29 is 0 Å². The van der Waals surface area contributed by atoms with Crippen LogP contribution in [-0.4, -0.2) is 26.6 Å².